The van der Waals surface area contributed by atoms with Gasteiger partial charge in [0.05, 0.1) is 10.9 Å². The van der Waals surface area contributed by atoms with Gasteiger partial charge in [0.1, 0.15) is 11.4 Å². The van der Waals surface area contributed by atoms with Gasteiger partial charge >= 0.3 is 0 Å². The predicted octanol–water partition coefficient (Wildman–Crippen LogP) is 4.07. The van der Waals surface area contributed by atoms with Crippen LogP contribution in [0, 0.1) is 5.82 Å². The maximum atomic E-state index is 13.9. The fourth-order valence-electron chi connectivity index (χ4n) is 1.99. The van der Waals surface area contributed by atoms with E-state index in [1.807, 2.05) is 0 Å². The molecule has 0 fully saturated rings. The van der Waals surface area contributed by atoms with Gasteiger partial charge in [0, 0.05) is 4.47 Å². The number of para-hydroxylation sites is 1. The van der Waals surface area contributed by atoms with Gasteiger partial charge in [-0.25, -0.2) is 4.39 Å². The second-order valence-corrected chi connectivity index (χ2v) is 5.14. The summed E-state index contributed by atoms with van der Waals surface area (Å²) in [6.45, 7) is 0. The Balaban J connectivity index is 2.37. The monoisotopic (exact) mass is 334 g/mol. The van der Waals surface area contributed by atoms with Crippen LogP contribution in [0.5, 0.6) is 5.75 Å². The van der Waals surface area contributed by atoms with Gasteiger partial charge in [-0.15, -0.1) is 0 Å². The van der Waals surface area contributed by atoms with E-state index < -0.39 is 17.0 Å². The predicted molar refractivity (Wildman–Crippen MR) is 77.2 cm³/mol. The molecule has 0 saturated heterocycles. The van der Waals surface area contributed by atoms with Crippen LogP contribution in [0.25, 0.3) is 22.3 Å². The molecule has 0 saturated carbocycles. The molecule has 0 aliphatic carbocycles. The summed E-state index contributed by atoms with van der Waals surface area (Å²) in [5.41, 5.74) is -0.245. The van der Waals surface area contributed by atoms with Crippen molar-refractivity contribution in [2.75, 3.05) is 0 Å². The minimum Gasteiger partial charge on any atom is -0.502 e. The summed E-state index contributed by atoms with van der Waals surface area (Å²) in [5, 5.41) is 10.2. The molecule has 0 spiro atoms. The van der Waals surface area contributed by atoms with Crippen LogP contribution in [0.3, 0.4) is 0 Å². The van der Waals surface area contributed by atoms with Gasteiger partial charge in [-0.1, -0.05) is 28.1 Å². The van der Waals surface area contributed by atoms with E-state index in [9.17, 15) is 14.3 Å². The van der Waals surface area contributed by atoms with Crippen LogP contribution < -0.4 is 5.43 Å². The van der Waals surface area contributed by atoms with E-state index in [-0.39, 0.29) is 16.7 Å². The van der Waals surface area contributed by atoms with Crippen LogP contribution in [0.4, 0.5) is 4.39 Å². The zero-order valence-corrected chi connectivity index (χ0v) is 11.6. The molecule has 20 heavy (non-hydrogen) atoms. The molecule has 3 nitrogen and oxygen atoms in total. The van der Waals surface area contributed by atoms with Crippen LogP contribution in [0.2, 0.25) is 0 Å². The molecule has 0 aliphatic heterocycles. The molecule has 0 bridgehead atoms. The Morgan fingerprint density at radius 2 is 1.90 bits per heavy atom. The fraction of sp³-hybridized carbons (Fsp3) is 0. The Morgan fingerprint density at radius 1 is 1.15 bits per heavy atom. The summed E-state index contributed by atoms with van der Waals surface area (Å²) in [5.74, 6) is -1.35. The van der Waals surface area contributed by atoms with Gasteiger partial charge in [-0.3, -0.25) is 4.79 Å². The molecule has 5 heteroatoms. The largest absolute Gasteiger partial charge is 0.502 e. The Hall–Kier alpha value is -2.14. The standard InChI is InChI=1S/C15H8BrFO3/c16-8-5-6-9(11(17)7-8)15-14(19)13(18)10-3-1-2-4-12(10)20-15/h1-7,19H. The van der Waals surface area contributed by atoms with Crippen LogP contribution in [0.1, 0.15) is 0 Å². The SMILES string of the molecule is O=c1c(O)c(-c2ccc(Br)cc2F)oc2ccccc12. The first kappa shape index (κ1) is 12.9. The van der Waals surface area contributed by atoms with Crippen molar-refractivity contribution in [1.82, 2.24) is 0 Å². The average Bonchev–Trinajstić information content (AvgIpc) is 2.43. The molecular weight excluding hydrogens is 327 g/mol. The number of rotatable bonds is 1. The minimum absolute atomic E-state index is 0.0357. The normalized spacial score (nSPS) is 10.9. The molecular formula is C15H8BrFO3. The summed E-state index contributed by atoms with van der Waals surface area (Å²) >= 11 is 3.15. The van der Waals surface area contributed by atoms with Crippen LogP contribution in [-0.4, -0.2) is 5.11 Å². The third-order valence-corrected chi connectivity index (χ3v) is 3.44. The fourth-order valence-corrected chi connectivity index (χ4v) is 2.32. The van der Waals surface area contributed by atoms with Gasteiger partial charge in [-0.2, -0.15) is 0 Å². The van der Waals surface area contributed by atoms with Gasteiger partial charge in [0.2, 0.25) is 11.2 Å². The lowest BCUT2D eigenvalue weighted by Gasteiger charge is -2.07. The highest BCUT2D eigenvalue weighted by atomic mass is 79.9. The number of hydrogen-bond donors (Lipinski definition) is 1. The lowest BCUT2D eigenvalue weighted by atomic mass is 10.1. The molecule has 0 radical (unpaired) electrons. The summed E-state index contributed by atoms with van der Waals surface area (Å²) in [4.78, 5) is 12.1. The second kappa shape index (κ2) is 4.76. The number of halogens is 2. The van der Waals surface area contributed by atoms with E-state index in [1.54, 1.807) is 30.3 Å². The molecule has 0 aliphatic rings. The van der Waals surface area contributed by atoms with Gasteiger partial charge in [0.25, 0.3) is 0 Å². The summed E-state index contributed by atoms with van der Waals surface area (Å²) < 4.78 is 20.0. The summed E-state index contributed by atoms with van der Waals surface area (Å²) in [6, 6.07) is 10.8. The van der Waals surface area contributed by atoms with E-state index in [0.717, 1.165) is 0 Å². The first-order chi connectivity index (χ1) is 9.58. The number of fused-ring (bicyclic) bond motifs is 1. The van der Waals surface area contributed by atoms with E-state index >= 15 is 0 Å². The van der Waals surface area contributed by atoms with Crippen molar-refractivity contribution in [3.8, 4) is 17.1 Å². The Bertz CT molecular complexity index is 871. The van der Waals surface area contributed by atoms with Crippen molar-refractivity contribution in [2.24, 2.45) is 0 Å². The molecule has 0 atom stereocenters. The maximum Gasteiger partial charge on any atom is 0.235 e. The summed E-state index contributed by atoms with van der Waals surface area (Å²) in [6.07, 6.45) is 0. The Morgan fingerprint density at radius 3 is 2.65 bits per heavy atom. The second-order valence-electron chi connectivity index (χ2n) is 4.23. The molecule has 1 N–H and O–H groups in total. The van der Waals surface area contributed by atoms with Gasteiger partial charge in [0.15, 0.2) is 5.76 Å². The first-order valence-electron chi connectivity index (χ1n) is 5.78. The van der Waals surface area contributed by atoms with Crippen molar-refractivity contribution >= 4 is 26.9 Å². The quantitative estimate of drug-likeness (QED) is 0.729. The number of benzene rings is 2. The average molecular weight is 335 g/mol. The van der Waals surface area contributed by atoms with E-state index in [2.05, 4.69) is 15.9 Å². The minimum atomic E-state index is -0.593. The molecule has 3 rings (SSSR count). The van der Waals surface area contributed by atoms with Crippen molar-refractivity contribution in [2.45, 2.75) is 0 Å². The maximum absolute atomic E-state index is 13.9. The van der Waals surface area contributed by atoms with Crippen LogP contribution in [-0.2, 0) is 0 Å². The van der Waals surface area contributed by atoms with Crippen LogP contribution >= 0.6 is 15.9 Å². The first-order valence-corrected chi connectivity index (χ1v) is 6.57. The highest BCUT2D eigenvalue weighted by Gasteiger charge is 2.18. The lowest BCUT2D eigenvalue weighted by molar-refractivity contribution is 0.447. The number of aromatic hydroxyl groups is 1. The van der Waals surface area contributed by atoms with E-state index in [0.29, 0.717) is 10.1 Å². The van der Waals surface area contributed by atoms with Crippen molar-refractivity contribution in [3.05, 3.63) is 63.0 Å². The molecule has 2 aromatic carbocycles. The van der Waals surface area contributed by atoms with Gasteiger partial charge < -0.3 is 9.52 Å². The highest BCUT2D eigenvalue weighted by molar-refractivity contribution is 9.10. The zero-order valence-electron chi connectivity index (χ0n) is 10.1. The van der Waals surface area contributed by atoms with Gasteiger partial charge in [-0.05, 0) is 30.3 Å². The topological polar surface area (TPSA) is 50.4 Å². The Labute approximate surface area is 121 Å². The smallest absolute Gasteiger partial charge is 0.235 e. The third kappa shape index (κ3) is 2.00. The molecule has 1 aromatic heterocycles. The lowest BCUT2D eigenvalue weighted by Crippen LogP contribution is -2.02. The molecule has 1 heterocycles. The van der Waals surface area contributed by atoms with Crippen molar-refractivity contribution < 1.29 is 13.9 Å². The third-order valence-electron chi connectivity index (χ3n) is 2.95. The van der Waals surface area contributed by atoms with E-state index in [1.165, 1.54) is 12.1 Å². The summed E-state index contributed by atoms with van der Waals surface area (Å²) in [7, 11) is 0. The van der Waals surface area contributed by atoms with Crippen molar-refractivity contribution in [3.63, 3.8) is 0 Å². The molecule has 3 aromatic rings. The van der Waals surface area contributed by atoms with E-state index in [4.69, 9.17) is 4.42 Å². The van der Waals surface area contributed by atoms with Crippen molar-refractivity contribution in [1.29, 1.82) is 0 Å². The molecule has 0 unspecified atom stereocenters. The number of hydrogen-bond acceptors (Lipinski definition) is 3. The molecule has 0 amide bonds. The Kier molecular flexibility index (Phi) is 3.06. The van der Waals surface area contributed by atoms with Crippen LogP contribution in [0.15, 0.2) is 56.1 Å². The zero-order chi connectivity index (χ0) is 14.3. The highest BCUT2D eigenvalue weighted by Crippen LogP contribution is 2.32. The molecule has 100 valence electrons.